The zero-order chi connectivity index (χ0) is 6.24. The van der Waals surface area contributed by atoms with Crippen molar-refractivity contribution >= 4 is 11.3 Å². The molecule has 2 N–H and O–H groups in total. The monoisotopic (exact) mass is 132 g/mol. The van der Waals surface area contributed by atoms with E-state index in [9.17, 15) is 0 Å². The van der Waals surface area contributed by atoms with Crippen molar-refractivity contribution in [3.05, 3.63) is 22.9 Å². The van der Waals surface area contributed by atoms with E-state index < -0.39 is 6.79 Å². The van der Waals surface area contributed by atoms with Crippen LogP contribution in [0.1, 0.15) is 0 Å². The van der Waals surface area contributed by atoms with Crippen LogP contribution in [-0.4, -0.2) is 17.0 Å². The Labute approximate surface area is 52.0 Å². The number of thiophene rings is 1. The van der Waals surface area contributed by atoms with Gasteiger partial charge in [0, 0.05) is 0 Å². The zero-order valence-corrected chi connectivity index (χ0v) is 5.14. The van der Waals surface area contributed by atoms with E-state index in [2.05, 4.69) is 0 Å². The minimum atomic E-state index is -0.750. The van der Waals surface area contributed by atoms with Crippen molar-refractivity contribution < 1.29 is 10.2 Å². The number of aliphatic hydroxyl groups excluding tert-OH is 1. The molecule has 0 bridgehead atoms. The summed E-state index contributed by atoms with van der Waals surface area (Å²) >= 11 is 1.71. The smallest absolute Gasteiger partial charge is 0.140 e. The molecular weight excluding hydrogens is 124 g/mol. The van der Waals surface area contributed by atoms with Gasteiger partial charge in [-0.05, 0) is 10.8 Å². The van der Waals surface area contributed by atoms with Crippen LogP contribution in [0.4, 0.5) is 0 Å². The molecular formula is C5H8O2S. The van der Waals surface area contributed by atoms with Gasteiger partial charge in [0.05, 0.1) is 0 Å². The van der Waals surface area contributed by atoms with Crippen LogP contribution in [0.2, 0.25) is 0 Å². The molecule has 0 aliphatic carbocycles. The van der Waals surface area contributed by atoms with Gasteiger partial charge in [-0.25, -0.2) is 0 Å². The first kappa shape index (κ1) is 7.62. The Hall–Kier alpha value is -0.380. The summed E-state index contributed by atoms with van der Waals surface area (Å²) < 4.78 is 0. The zero-order valence-electron chi connectivity index (χ0n) is 4.32. The highest BCUT2D eigenvalue weighted by Gasteiger charge is 1.58. The van der Waals surface area contributed by atoms with Gasteiger partial charge < -0.3 is 10.2 Å². The second kappa shape index (κ2) is 6.62. The van der Waals surface area contributed by atoms with Gasteiger partial charge in [-0.15, -0.1) is 0 Å². The van der Waals surface area contributed by atoms with Gasteiger partial charge in [0.2, 0.25) is 0 Å². The highest BCUT2D eigenvalue weighted by molar-refractivity contribution is 7.07. The molecule has 0 aliphatic rings. The lowest BCUT2D eigenvalue weighted by Crippen LogP contribution is -1.66. The van der Waals surface area contributed by atoms with Crippen molar-refractivity contribution in [3.8, 4) is 0 Å². The molecule has 1 heterocycles. The van der Waals surface area contributed by atoms with Gasteiger partial charge in [0.1, 0.15) is 6.79 Å². The van der Waals surface area contributed by atoms with Crippen molar-refractivity contribution in [2.75, 3.05) is 6.79 Å². The summed E-state index contributed by atoms with van der Waals surface area (Å²) in [6.07, 6.45) is 0. The Morgan fingerprint density at radius 2 is 1.50 bits per heavy atom. The van der Waals surface area contributed by atoms with Crippen LogP contribution in [0.25, 0.3) is 0 Å². The standard InChI is InChI=1S/C4H4S.CH4O2/c1-2-4-5-3-1;2-1-3/h1-4H;2-3H,1H2. The first-order valence-corrected chi connectivity index (χ1v) is 3.05. The van der Waals surface area contributed by atoms with E-state index in [4.69, 9.17) is 10.2 Å². The van der Waals surface area contributed by atoms with Gasteiger partial charge in [-0.2, -0.15) is 11.3 Å². The lowest BCUT2D eigenvalue weighted by atomic mass is 10.7. The molecule has 46 valence electrons. The highest BCUT2D eigenvalue weighted by Crippen LogP contribution is 1.91. The maximum Gasteiger partial charge on any atom is 0.140 e. The second-order valence-electron chi connectivity index (χ2n) is 0.935. The summed E-state index contributed by atoms with van der Waals surface area (Å²) in [7, 11) is 0. The predicted octanol–water partition coefficient (Wildman–Crippen LogP) is 0.677. The lowest BCUT2D eigenvalue weighted by molar-refractivity contribution is 0.0773. The molecule has 0 saturated heterocycles. The molecule has 1 rings (SSSR count). The van der Waals surface area contributed by atoms with Gasteiger partial charge in [0.25, 0.3) is 0 Å². The minimum absolute atomic E-state index is 0.750. The molecule has 0 spiro atoms. The van der Waals surface area contributed by atoms with E-state index in [-0.39, 0.29) is 0 Å². The first-order chi connectivity index (χ1) is 3.91. The maximum atomic E-state index is 7.12. The molecule has 0 unspecified atom stereocenters. The van der Waals surface area contributed by atoms with Gasteiger partial charge in [0.15, 0.2) is 0 Å². The van der Waals surface area contributed by atoms with Gasteiger partial charge in [-0.1, -0.05) is 12.1 Å². The third kappa shape index (κ3) is 5.62. The number of hydrogen-bond acceptors (Lipinski definition) is 3. The summed E-state index contributed by atoms with van der Waals surface area (Å²) in [5.41, 5.74) is 0. The number of hydrogen-bond donors (Lipinski definition) is 2. The van der Waals surface area contributed by atoms with E-state index in [1.54, 1.807) is 11.3 Å². The Bertz CT molecular complexity index is 77.3. The quantitative estimate of drug-likeness (QED) is 0.509. The molecule has 0 radical (unpaired) electrons. The normalized spacial score (nSPS) is 7.25. The fourth-order valence-electron chi connectivity index (χ4n) is 0.227. The Kier molecular flexibility index (Phi) is 6.31. The van der Waals surface area contributed by atoms with Gasteiger partial charge in [-0.3, -0.25) is 0 Å². The van der Waals surface area contributed by atoms with E-state index >= 15 is 0 Å². The van der Waals surface area contributed by atoms with Crippen LogP contribution in [0.3, 0.4) is 0 Å². The molecule has 0 amide bonds. The summed E-state index contributed by atoms with van der Waals surface area (Å²) in [4.78, 5) is 0. The summed E-state index contributed by atoms with van der Waals surface area (Å²) in [5, 5.41) is 18.3. The molecule has 2 nitrogen and oxygen atoms in total. The van der Waals surface area contributed by atoms with Crippen LogP contribution >= 0.6 is 11.3 Å². The van der Waals surface area contributed by atoms with Gasteiger partial charge >= 0.3 is 0 Å². The SMILES string of the molecule is OCO.c1ccsc1. The molecule has 3 heteroatoms. The van der Waals surface area contributed by atoms with Crippen molar-refractivity contribution in [2.45, 2.75) is 0 Å². The number of rotatable bonds is 0. The van der Waals surface area contributed by atoms with E-state index in [1.807, 2.05) is 22.9 Å². The third-order valence-corrected chi connectivity index (χ3v) is 1.05. The third-order valence-electron chi connectivity index (χ3n) is 0.425. The summed E-state index contributed by atoms with van der Waals surface area (Å²) in [6.45, 7) is -0.750. The van der Waals surface area contributed by atoms with Crippen LogP contribution in [0, 0.1) is 0 Å². The predicted molar refractivity (Wildman–Crippen MR) is 33.6 cm³/mol. The molecule has 0 fully saturated rings. The molecule has 0 atom stereocenters. The van der Waals surface area contributed by atoms with E-state index in [0.29, 0.717) is 0 Å². The second-order valence-corrected chi connectivity index (χ2v) is 1.75. The average Bonchev–Trinajstić information content (AvgIpc) is 2.17. The van der Waals surface area contributed by atoms with E-state index in [1.165, 1.54) is 0 Å². The maximum absolute atomic E-state index is 7.12. The van der Waals surface area contributed by atoms with Crippen LogP contribution in [0.5, 0.6) is 0 Å². The number of aliphatic hydroxyl groups is 2. The topological polar surface area (TPSA) is 40.5 Å². The van der Waals surface area contributed by atoms with Crippen LogP contribution in [-0.2, 0) is 0 Å². The Morgan fingerprint density at radius 1 is 1.12 bits per heavy atom. The van der Waals surface area contributed by atoms with Crippen molar-refractivity contribution in [3.63, 3.8) is 0 Å². The molecule has 0 saturated carbocycles. The largest absolute Gasteiger partial charge is 0.371 e. The molecule has 0 aliphatic heterocycles. The molecule has 0 aromatic carbocycles. The molecule has 1 aromatic rings. The van der Waals surface area contributed by atoms with E-state index in [0.717, 1.165) is 0 Å². The Balaban J connectivity index is 0.000000145. The summed E-state index contributed by atoms with van der Waals surface area (Å²) in [5.74, 6) is 0. The molecule has 8 heavy (non-hydrogen) atoms. The fourth-order valence-corrected chi connectivity index (χ4v) is 0.680. The van der Waals surface area contributed by atoms with Crippen molar-refractivity contribution in [1.29, 1.82) is 0 Å². The fraction of sp³-hybridized carbons (Fsp3) is 0.200. The molecule has 1 aromatic heterocycles. The lowest BCUT2D eigenvalue weighted by Gasteiger charge is -1.55. The van der Waals surface area contributed by atoms with Crippen molar-refractivity contribution in [1.82, 2.24) is 0 Å². The van der Waals surface area contributed by atoms with Crippen LogP contribution < -0.4 is 0 Å². The first-order valence-electron chi connectivity index (χ1n) is 2.10. The highest BCUT2D eigenvalue weighted by atomic mass is 32.1. The average molecular weight is 132 g/mol. The minimum Gasteiger partial charge on any atom is -0.371 e. The summed E-state index contributed by atoms with van der Waals surface area (Å²) in [6, 6.07) is 4.04. The van der Waals surface area contributed by atoms with Crippen molar-refractivity contribution in [2.24, 2.45) is 0 Å². The Morgan fingerprint density at radius 3 is 1.62 bits per heavy atom. The van der Waals surface area contributed by atoms with Crippen LogP contribution in [0.15, 0.2) is 22.9 Å².